The molecule has 2 aliphatic heterocycles. The number of hydrogen-bond donors (Lipinski definition) is 6. The molecule has 1 unspecified atom stereocenters. The number of carbonyl (C=O) groups excluding carboxylic acids is 4. The fourth-order valence-corrected chi connectivity index (χ4v) is 6.17. The number of aromatic nitrogens is 4. The first kappa shape index (κ1) is 32.4. The molecule has 2 aromatic rings. The van der Waals surface area contributed by atoms with E-state index in [2.05, 4.69) is 25.1 Å². The molecule has 18 nitrogen and oxygen atoms in total. The minimum absolute atomic E-state index is 0.0515. The number of β-lactam (4-membered cyclic amide) rings is 1. The fraction of sp³-hybridized carbons (Fsp3) is 0.458. The highest BCUT2D eigenvalue weighted by atomic mass is 32.2. The van der Waals surface area contributed by atoms with Gasteiger partial charge in [0.05, 0.1) is 24.0 Å². The predicted molar refractivity (Wildman–Crippen MR) is 159 cm³/mol. The average molecular weight is 651 g/mol. The van der Waals surface area contributed by atoms with E-state index in [4.69, 9.17) is 22.0 Å². The van der Waals surface area contributed by atoms with E-state index >= 15 is 0 Å². The number of Topliss-reactive ketones (excluding diaryl/α,β-unsaturated/α-hetero) is 1. The number of aliphatic carboxylic acids is 1. The number of fused-ring (bicyclic) bond motifs is 1. The number of urea groups is 1. The molecule has 20 heteroatoms. The maximum absolute atomic E-state index is 13.3. The number of nitrogens with one attached hydrogen (secondary N) is 2. The summed E-state index contributed by atoms with van der Waals surface area (Å²) < 4.78 is 7.26. The summed E-state index contributed by atoms with van der Waals surface area (Å²) in [5.41, 5.74) is 16.3. The number of anilines is 3. The normalized spacial score (nSPS) is 18.4. The lowest BCUT2D eigenvalue weighted by Gasteiger charge is -2.49. The van der Waals surface area contributed by atoms with Gasteiger partial charge in [-0.2, -0.15) is 9.36 Å². The van der Waals surface area contributed by atoms with Gasteiger partial charge in [-0.3, -0.25) is 24.6 Å². The highest BCUT2D eigenvalue weighted by Gasteiger charge is 2.53. The van der Waals surface area contributed by atoms with Gasteiger partial charge in [-0.25, -0.2) is 9.59 Å². The zero-order valence-electron chi connectivity index (χ0n) is 24.0. The van der Waals surface area contributed by atoms with Crippen molar-refractivity contribution in [3.05, 3.63) is 23.3 Å². The Morgan fingerprint density at radius 1 is 1.34 bits per heavy atom. The molecule has 0 aliphatic carbocycles. The molecule has 0 saturated carbocycles. The lowest BCUT2D eigenvalue weighted by molar-refractivity contribution is -0.765. The van der Waals surface area contributed by atoms with Gasteiger partial charge in [-0.1, -0.05) is 5.16 Å². The van der Waals surface area contributed by atoms with E-state index in [0.29, 0.717) is 23.3 Å². The van der Waals surface area contributed by atoms with Crippen LogP contribution in [-0.2, 0) is 37.6 Å². The molecule has 0 spiro atoms. The minimum Gasteiger partial charge on any atom is -0.478 e. The Kier molecular flexibility index (Phi) is 9.54. The third kappa shape index (κ3) is 6.50. The lowest BCUT2D eigenvalue weighted by atomic mass is 9.89. The molecule has 4 rings (SSSR count). The molecule has 0 radical (unpaired) electrons. The molecule has 3 amide bonds. The van der Waals surface area contributed by atoms with E-state index in [1.807, 2.05) is 0 Å². The van der Waals surface area contributed by atoms with Gasteiger partial charge < -0.3 is 32.5 Å². The number of nitrogen functional groups attached to an aromatic ring is 2. The van der Waals surface area contributed by atoms with Gasteiger partial charge in [-0.15, -0.1) is 21.1 Å². The number of amides is 3. The lowest BCUT2D eigenvalue weighted by Crippen LogP contribution is -2.61. The van der Waals surface area contributed by atoms with E-state index in [1.54, 1.807) is 22.6 Å². The molecule has 236 valence electrons. The molecule has 2 aliphatic rings. The zero-order chi connectivity index (χ0) is 32.3. The van der Waals surface area contributed by atoms with Crippen molar-refractivity contribution in [2.45, 2.75) is 37.8 Å². The second-order valence-electron chi connectivity index (χ2n) is 10.3. The van der Waals surface area contributed by atoms with Crippen molar-refractivity contribution in [2.75, 3.05) is 35.6 Å². The molecule has 1 fully saturated rings. The highest BCUT2D eigenvalue weighted by molar-refractivity contribution is 8.00. The Labute approximate surface area is 258 Å². The van der Waals surface area contributed by atoms with Crippen LogP contribution >= 0.6 is 23.3 Å². The van der Waals surface area contributed by atoms with Gasteiger partial charge in [0.2, 0.25) is 23.5 Å². The molecule has 2 atom stereocenters. The summed E-state index contributed by atoms with van der Waals surface area (Å²) in [6.07, 6.45) is 1.89. The van der Waals surface area contributed by atoms with Gasteiger partial charge in [0.1, 0.15) is 0 Å². The van der Waals surface area contributed by atoms with Crippen LogP contribution in [0, 0.1) is 5.92 Å². The van der Waals surface area contributed by atoms with E-state index in [9.17, 15) is 29.1 Å². The summed E-state index contributed by atoms with van der Waals surface area (Å²) in [4.78, 5) is 72.7. The zero-order valence-corrected chi connectivity index (χ0v) is 25.6. The number of oxime groups is 1. The van der Waals surface area contributed by atoms with Crippen LogP contribution in [0.4, 0.5) is 21.4 Å². The van der Waals surface area contributed by atoms with Crippen LogP contribution in [0.1, 0.15) is 26.1 Å². The number of carbonyl (C=O) groups is 5. The number of thioether (sulfide) groups is 1. The first-order valence-corrected chi connectivity index (χ1v) is 14.9. The second-order valence-corrected chi connectivity index (χ2v) is 12.2. The van der Waals surface area contributed by atoms with Crippen LogP contribution < -0.4 is 32.5 Å². The number of carboxylic acids is 1. The van der Waals surface area contributed by atoms with Gasteiger partial charge in [0, 0.05) is 42.4 Å². The molecule has 1 saturated heterocycles. The summed E-state index contributed by atoms with van der Waals surface area (Å²) in [5, 5.41) is 17.9. The van der Waals surface area contributed by atoms with Crippen molar-refractivity contribution in [3.8, 4) is 0 Å². The Bertz CT molecular complexity index is 1560. The average Bonchev–Trinajstić information content (AvgIpc) is 3.52. The first-order valence-electron chi connectivity index (χ1n) is 13.1. The number of nitrogens with zero attached hydrogens (tertiary/aromatic N) is 6. The van der Waals surface area contributed by atoms with Crippen molar-refractivity contribution in [2.24, 2.45) is 23.9 Å². The number of ketones is 1. The van der Waals surface area contributed by atoms with Crippen LogP contribution in [0.2, 0.25) is 0 Å². The largest absolute Gasteiger partial charge is 0.478 e. The summed E-state index contributed by atoms with van der Waals surface area (Å²) in [5.74, 6) is -2.73. The molecule has 0 bridgehead atoms. The Morgan fingerprint density at radius 3 is 2.68 bits per heavy atom. The number of carboxylic acid groups (broad SMARTS) is 1. The van der Waals surface area contributed by atoms with Gasteiger partial charge >= 0.3 is 12.0 Å². The number of rotatable bonds is 13. The third-order valence-electron chi connectivity index (χ3n) is 6.84. The Hall–Kier alpha value is -4.56. The summed E-state index contributed by atoms with van der Waals surface area (Å²) in [6, 6.07) is -0.477. The van der Waals surface area contributed by atoms with Crippen LogP contribution in [0.5, 0.6) is 0 Å². The maximum atomic E-state index is 13.3. The number of allylic oxidation sites excluding steroid dienone is 1. The minimum atomic E-state index is -1.76. The smallest absolute Gasteiger partial charge is 0.350 e. The highest BCUT2D eigenvalue weighted by Crippen LogP contribution is 2.44. The second kappa shape index (κ2) is 13.0. The van der Waals surface area contributed by atoms with Crippen molar-refractivity contribution in [3.63, 3.8) is 0 Å². The molecule has 2 aromatic heterocycles. The van der Waals surface area contributed by atoms with Crippen molar-refractivity contribution in [1.29, 1.82) is 0 Å². The van der Waals surface area contributed by atoms with Crippen LogP contribution in [0.3, 0.4) is 0 Å². The summed E-state index contributed by atoms with van der Waals surface area (Å²) >= 11 is 2.18. The molecular weight excluding hydrogens is 618 g/mol. The predicted octanol–water partition coefficient (Wildman–Crippen LogP) is -1.36. The standard InChI is InChI=1S/C24H31N11O7S2/c1-24(2,21(39)40)42-31-16(18-30-22(27)44-32-18)15(37)6-12-19(38)35-14(9-36)11(10-43-20(12)35)7-34-8-13(17(26)33(34)3)29-23(41)28-5-4-25/h8-9,12,20,26H,4-7,10,25H2,1-3H3,(H5,27,28,29,30,32,39,40,41)/p+1/b31-16+/t12-,20?/m1/s1. The Morgan fingerprint density at radius 2 is 2.07 bits per heavy atom. The van der Waals surface area contributed by atoms with Gasteiger partial charge in [-0.05, 0) is 13.8 Å². The van der Waals surface area contributed by atoms with Crippen LogP contribution in [-0.4, -0.2) is 89.6 Å². The first-order chi connectivity index (χ1) is 20.8. The van der Waals surface area contributed by atoms with E-state index in [-0.39, 0.29) is 54.2 Å². The SMILES string of the molecule is Cn1c(N)c(NC(=O)NCCN)c[n+]1CC1=C(C=O)N2C(=O)[C@@H](CC(=O)/C(=N\OC(C)(C)C(=O)O)c3nsc(N)n3)C2SC1. The maximum Gasteiger partial charge on any atom is 0.350 e. The van der Waals surface area contributed by atoms with Crippen LogP contribution in [0.15, 0.2) is 22.6 Å². The van der Waals surface area contributed by atoms with E-state index in [1.165, 1.54) is 30.5 Å². The number of aldehydes is 1. The summed E-state index contributed by atoms with van der Waals surface area (Å²) in [6.45, 7) is 3.25. The van der Waals surface area contributed by atoms with Gasteiger partial charge in [0.15, 0.2) is 41.0 Å². The molecular formula is C24H32N11O7S2+. The monoisotopic (exact) mass is 650 g/mol. The van der Waals surface area contributed by atoms with Gasteiger partial charge in [0.25, 0.3) is 0 Å². The molecule has 44 heavy (non-hydrogen) atoms. The summed E-state index contributed by atoms with van der Waals surface area (Å²) in [7, 11) is 1.68. The number of hydrogen-bond acceptors (Lipinski definition) is 14. The molecule has 9 N–H and O–H groups in total. The number of nitrogens with two attached hydrogens (primary N) is 3. The quantitative estimate of drug-likeness (QED) is 0.0481. The van der Waals surface area contributed by atoms with E-state index < -0.39 is 40.6 Å². The van der Waals surface area contributed by atoms with Crippen molar-refractivity contribution in [1.82, 2.24) is 24.3 Å². The topological polar surface area (TPSA) is 267 Å². The van der Waals surface area contributed by atoms with Crippen LogP contribution in [0.25, 0.3) is 0 Å². The van der Waals surface area contributed by atoms with Crippen molar-refractivity contribution < 1.29 is 38.6 Å². The Balaban J connectivity index is 1.50. The fourth-order valence-electron chi connectivity index (χ4n) is 4.31. The van der Waals surface area contributed by atoms with Crippen molar-refractivity contribution >= 4 is 75.6 Å². The third-order valence-corrected chi connectivity index (χ3v) is 8.78. The van der Waals surface area contributed by atoms with E-state index in [0.717, 1.165) is 11.5 Å². The molecule has 0 aromatic carbocycles. The molecule has 4 heterocycles.